The highest BCUT2D eigenvalue weighted by molar-refractivity contribution is 6.29. The summed E-state index contributed by atoms with van der Waals surface area (Å²) in [4.78, 5) is 0. The summed E-state index contributed by atoms with van der Waals surface area (Å²) in [6.07, 6.45) is 0. The van der Waals surface area contributed by atoms with E-state index in [-0.39, 0.29) is 0 Å². The summed E-state index contributed by atoms with van der Waals surface area (Å²) in [5.41, 5.74) is 1.16. The fourth-order valence-electron chi connectivity index (χ4n) is 1.16. The Balaban J connectivity index is 3.01. The van der Waals surface area contributed by atoms with Crippen LogP contribution in [0.1, 0.15) is 5.56 Å². The second-order valence-electron chi connectivity index (χ2n) is 2.87. The Bertz CT molecular complexity index is 410. The topological polar surface area (TPSA) is 45.0 Å². The van der Waals surface area contributed by atoms with Crippen LogP contribution < -0.4 is 10.1 Å². The molecular formula is C11H11ClN2O. The number of halogens is 1. The van der Waals surface area contributed by atoms with Gasteiger partial charge in [0.25, 0.3) is 0 Å². The van der Waals surface area contributed by atoms with Crippen LogP contribution in [0.3, 0.4) is 0 Å². The van der Waals surface area contributed by atoms with E-state index >= 15 is 0 Å². The zero-order valence-electron chi connectivity index (χ0n) is 8.38. The number of nitrogens with zero attached hydrogens (tertiary/aromatic N) is 1. The lowest BCUT2D eigenvalue weighted by atomic mass is 10.2. The van der Waals surface area contributed by atoms with Gasteiger partial charge in [-0.3, -0.25) is 0 Å². The van der Waals surface area contributed by atoms with Crippen molar-refractivity contribution < 1.29 is 4.74 Å². The van der Waals surface area contributed by atoms with Gasteiger partial charge in [-0.05, 0) is 12.1 Å². The molecular weight excluding hydrogens is 212 g/mol. The highest BCUT2D eigenvalue weighted by Gasteiger charge is 2.07. The van der Waals surface area contributed by atoms with Crippen molar-refractivity contribution in [3.63, 3.8) is 0 Å². The number of nitrogens with one attached hydrogen (secondary N) is 1. The quantitative estimate of drug-likeness (QED) is 0.852. The maximum absolute atomic E-state index is 8.90. The highest BCUT2D eigenvalue weighted by Crippen LogP contribution is 2.27. The third-order valence-corrected chi connectivity index (χ3v) is 1.96. The lowest BCUT2D eigenvalue weighted by Crippen LogP contribution is -2.04. The molecule has 0 aromatic heterocycles. The lowest BCUT2D eigenvalue weighted by Gasteiger charge is -2.11. The average Bonchev–Trinajstić information content (AvgIpc) is 2.25. The summed E-state index contributed by atoms with van der Waals surface area (Å²) in [5.74, 6) is 0.618. The van der Waals surface area contributed by atoms with Crippen LogP contribution in [0.4, 0.5) is 5.69 Å². The van der Waals surface area contributed by atoms with Crippen molar-refractivity contribution in [1.29, 1.82) is 5.26 Å². The second-order valence-corrected chi connectivity index (χ2v) is 3.40. The molecule has 0 spiro atoms. The minimum absolute atomic E-state index is 0.399. The van der Waals surface area contributed by atoms with E-state index in [1.807, 2.05) is 0 Å². The molecule has 78 valence electrons. The minimum Gasteiger partial charge on any atom is -0.495 e. The molecule has 0 fully saturated rings. The number of anilines is 1. The van der Waals surface area contributed by atoms with Crippen LogP contribution in [-0.2, 0) is 0 Å². The Labute approximate surface area is 93.9 Å². The van der Waals surface area contributed by atoms with E-state index in [1.54, 1.807) is 25.3 Å². The zero-order chi connectivity index (χ0) is 11.3. The van der Waals surface area contributed by atoms with Crippen molar-refractivity contribution in [2.75, 3.05) is 19.0 Å². The highest BCUT2D eigenvalue weighted by atomic mass is 35.5. The number of hydrogen-bond acceptors (Lipinski definition) is 3. The van der Waals surface area contributed by atoms with Gasteiger partial charge < -0.3 is 10.1 Å². The van der Waals surface area contributed by atoms with Gasteiger partial charge in [-0.2, -0.15) is 5.26 Å². The van der Waals surface area contributed by atoms with Crippen molar-refractivity contribution in [2.24, 2.45) is 0 Å². The van der Waals surface area contributed by atoms with Crippen LogP contribution >= 0.6 is 11.6 Å². The summed E-state index contributed by atoms with van der Waals surface area (Å²) in [6, 6.07) is 7.33. The molecule has 0 unspecified atom stereocenters. The molecule has 4 heteroatoms. The third kappa shape index (κ3) is 2.90. The van der Waals surface area contributed by atoms with E-state index in [2.05, 4.69) is 18.0 Å². The van der Waals surface area contributed by atoms with Crippen LogP contribution in [-0.4, -0.2) is 13.7 Å². The van der Waals surface area contributed by atoms with Crippen LogP contribution in [0.25, 0.3) is 0 Å². The van der Waals surface area contributed by atoms with Crippen LogP contribution in [0.2, 0.25) is 0 Å². The Hall–Kier alpha value is -1.66. The van der Waals surface area contributed by atoms with E-state index < -0.39 is 0 Å². The molecule has 0 radical (unpaired) electrons. The Morgan fingerprint density at radius 3 is 2.93 bits per heavy atom. The predicted octanol–water partition coefficient (Wildman–Crippen LogP) is 2.73. The van der Waals surface area contributed by atoms with Crippen LogP contribution in [0.5, 0.6) is 5.75 Å². The van der Waals surface area contributed by atoms with E-state index in [9.17, 15) is 0 Å². The number of benzene rings is 1. The van der Waals surface area contributed by atoms with Crippen molar-refractivity contribution in [3.8, 4) is 11.8 Å². The van der Waals surface area contributed by atoms with E-state index in [0.29, 0.717) is 28.6 Å². The molecule has 0 amide bonds. The Morgan fingerprint density at radius 2 is 2.40 bits per heavy atom. The summed E-state index contributed by atoms with van der Waals surface area (Å²) in [5, 5.41) is 12.4. The maximum atomic E-state index is 8.90. The number of methoxy groups -OCH3 is 1. The molecule has 0 aliphatic rings. The number of hydrogen-bond donors (Lipinski definition) is 1. The van der Waals surface area contributed by atoms with Crippen molar-refractivity contribution >= 4 is 17.3 Å². The number of nitriles is 1. The van der Waals surface area contributed by atoms with Crippen molar-refractivity contribution in [1.82, 2.24) is 0 Å². The minimum atomic E-state index is 0.399. The SMILES string of the molecule is C=C(Cl)CNc1c(C#N)cccc1OC. The normalized spacial score (nSPS) is 9.13. The molecule has 15 heavy (non-hydrogen) atoms. The monoisotopic (exact) mass is 222 g/mol. The molecule has 0 aliphatic heterocycles. The van der Waals surface area contributed by atoms with Gasteiger partial charge in [0.2, 0.25) is 0 Å². The molecule has 0 heterocycles. The lowest BCUT2D eigenvalue weighted by molar-refractivity contribution is 0.416. The molecule has 0 bridgehead atoms. The summed E-state index contributed by atoms with van der Waals surface area (Å²) < 4.78 is 5.13. The summed E-state index contributed by atoms with van der Waals surface area (Å²) in [7, 11) is 1.55. The first-order valence-corrected chi connectivity index (χ1v) is 4.71. The van der Waals surface area contributed by atoms with Gasteiger partial charge in [0.1, 0.15) is 11.8 Å². The smallest absolute Gasteiger partial charge is 0.143 e. The van der Waals surface area contributed by atoms with Crippen LogP contribution in [0, 0.1) is 11.3 Å². The van der Waals surface area contributed by atoms with Crippen molar-refractivity contribution in [3.05, 3.63) is 35.4 Å². The molecule has 1 rings (SSSR count). The molecule has 1 N–H and O–H groups in total. The first-order valence-electron chi connectivity index (χ1n) is 4.33. The van der Waals surface area contributed by atoms with E-state index in [4.69, 9.17) is 21.6 Å². The van der Waals surface area contributed by atoms with Gasteiger partial charge in [-0.1, -0.05) is 24.2 Å². The first-order chi connectivity index (χ1) is 7.19. The van der Waals surface area contributed by atoms with E-state index in [1.165, 1.54) is 0 Å². The molecule has 3 nitrogen and oxygen atoms in total. The molecule has 0 atom stereocenters. The van der Waals surface area contributed by atoms with Crippen LogP contribution in [0.15, 0.2) is 29.8 Å². The number of rotatable bonds is 4. The largest absolute Gasteiger partial charge is 0.495 e. The van der Waals surface area contributed by atoms with Gasteiger partial charge in [0.15, 0.2) is 0 Å². The maximum Gasteiger partial charge on any atom is 0.143 e. The zero-order valence-corrected chi connectivity index (χ0v) is 9.14. The fraction of sp³-hybridized carbons (Fsp3) is 0.182. The molecule has 1 aromatic carbocycles. The predicted molar refractivity (Wildman–Crippen MR) is 61.2 cm³/mol. The van der Waals surface area contributed by atoms with Crippen molar-refractivity contribution in [2.45, 2.75) is 0 Å². The van der Waals surface area contributed by atoms with Gasteiger partial charge in [-0.25, -0.2) is 0 Å². The summed E-state index contributed by atoms with van der Waals surface area (Å²) >= 11 is 5.64. The molecule has 1 aromatic rings. The van der Waals surface area contributed by atoms with Gasteiger partial charge in [0.05, 0.1) is 24.9 Å². The van der Waals surface area contributed by atoms with E-state index in [0.717, 1.165) is 0 Å². The summed E-state index contributed by atoms with van der Waals surface area (Å²) in [6.45, 7) is 3.96. The molecule has 0 saturated carbocycles. The fourth-order valence-corrected chi connectivity index (χ4v) is 1.23. The van der Waals surface area contributed by atoms with Gasteiger partial charge in [-0.15, -0.1) is 0 Å². The third-order valence-electron chi connectivity index (χ3n) is 1.82. The number of ether oxygens (including phenoxy) is 1. The molecule has 0 saturated heterocycles. The second kappa shape index (κ2) is 5.28. The first kappa shape index (κ1) is 11.4. The Kier molecular flexibility index (Phi) is 4.02. The van der Waals surface area contributed by atoms with Gasteiger partial charge in [0, 0.05) is 5.03 Å². The Morgan fingerprint density at radius 1 is 1.67 bits per heavy atom. The standard InChI is InChI=1S/C11H11ClN2O/c1-8(12)7-14-11-9(6-13)4-3-5-10(11)15-2/h3-5,14H,1,7H2,2H3. The molecule has 0 aliphatic carbocycles. The number of para-hydroxylation sites is 1. The average molecular weight is 223 g/mol. The van der Waals surface area contributed by atoms with Gasteiger partial charge >= 0.3 is 0 Å².